The molecular formula is C18H25ClN4. The van der Waals surface area contributed by atoms with Gasteiger partial charge in [-0.05, 0) is 37.5 Å². The normalized spacial score (nSPS) is 25.8. The van der Waals surface area contributed by atoms with Gasteiger partial charge in [0.15, 0.2) is 0 Å². The first kappa shape index (κ1) is 16.5. The summed E-state index contributed by atoms with van der Waals surface area (Å²) in [5.74, 6) is 0. The van der Waals surface area contributed by atoms with Crippen molar-refractivity contribution in [1.29, 1.82) is 0 Å². The lowest BCUT2D eigenvalue weighted by Crippen LogP contribution is -2.39. The van der Waals surface area contributed by atoms with Gasteiger partial charge in [0, 0.05) is 42.5 Å². The second-order valence-corrected chi connectivity index (χ2v) is 6.81. The largest absolute Gasteiger partial charge is 0.388 e. The summed E-state index contributed by atoms with van der Waals surface area (Å²) in [4.78, 5) is 11.5. The second kappa shape index (κ2) is 7.45. The molecule has 2 aliphatic rings. The van der Waals surface area contributed by atoms with Crippen LogP contribution in [0.15, 0.2) is 28.2 Å². The minimum absolute atomic E-state index is 0.190. The quantitative estimate of drug-likeness (QED) is 0.884. The van der Waals surface area contributed by atoms with Gasteiger partial charge in [0.05, 0.1) is 0 Å². The van der Waals surface area contributed by atoms with Crippen molar-refractivity contribution < 1.29 is 0 Å². The van der Waals surface area contributed by atoms with Gasteiger partial charge in [-0.2, -0.15) is 0 Å². The van der Waals surface area contributed by atoms with Gasteiger partial charge in [-0.3, -0.25) is 9.89 Å². The van der Waals surface area contributed by atoms with E-state index in [1.807, 2.05) is 13.1 Å². The molecule has 2 aliphatic heterocycles. The lowest BCUT2D eigenvalue weighted by atomic mass is 9.99. The Morgan fingerprint density at radius 2 is 2.13 bits per heavy atom. The fourth-order valence-corrected chi connectivity index (χ4v) is 3.86. The molecule has 3 rings (SSSR count). The Morgan fingerprint density at radius 3 is 2.87 bits per heavy atom. The van der Waals surface area contributed by atoms with Crippen LogP contribution in [-0.4, -0.2) is 36.7 Å². The standard InChI is InChI=1S/C18H25ClN4/c1-13-10-18(22-12-21-13)23-9-5-3-4-6-17(23)15-8-7-14(20-2)11-16(15)19/h7-8,11-12,17-18,20H,3-6,9-10H2,1-2H3. The topological polar surface area (TPSA) is 40.0 Å². The Balaban J connectivity index is 1.90. The van der Waals surface area contributed by atoms with Gasteiger partial charge in [-0.1, -0.05) is 30.5 Å². The molecule has 0 saturated carbocycles. The van der Waals surface area contributed by atoms with Crippen LogP contribution in [0, 0.1) is 0 Å². The third-order valence-corrected chi connectivity index (χ3v) is 5.15. The number of anilines is 1. The van der Waals surface area contributed by atoms with E-state index in [1.54, 1.807) is 6.34 Å². The summed E-state index contributed by atoms with van der Waals surface area (Å²) >= 11 is 6.60. The highest BCUT2D eigenvalue weighted by atomic mass is 35.5. The average molecular weight is 333 g/mol. The van der Waals surface area contributed by atoms with Gasteiger partial charge < -0.3 is 5.32 Å². The molecule has 0 bridgehead atoms. The number of rotatable bonds is 3. The highest BCUT2D eigenvalue weighted by molar-refractivity contribution is 6.31. The summed E-state index contributed by atoms with van der Waals surface area (Å²) in [6.07, 6.45) is 7.72. The van der Waals surface area contributed by atoms with E-state index >= 15 is 0 Å². The summed E-state index contributed by atoms with van der Waals surface area (Å²) < 4.78 is 0. The number of nitrogens with one attached hydrogen (secondary N) is 1. The van der Waals surface area contributed by atoms with Crippen molar-refractivity contribution in [3.8, 4) is 0 Å². The first-order valence-corrected chi connectivity index (χ1v) is 8.84. The number of benzene rings is 1. The van der Waals surface area contributed by atoms with Crippen LogP contribution in [0.5, 0.6) is 0 Å². The Bertz CT molecular complexity index is 611. The second-order valence-electron chi connectivity index (χ2n) is 6.40. The maximum atomic E-state index is 6.60. The van der Waals surface area contributed by atoms with Gasteiger partial charge in [0.1, 0.15) is 12.5 Å². The van der Waals surface area contributed by atoms with E-state index in [0.717, 1.165) is 35.8 Å². The minimum atomic E-state index is 0.190. The Hall–Kier alpha value is -1.39. The molecule has 4 nitrogen and oxygen atoms in total. The molecule has 0 aromatic heterocycles. The molecule has 124 valence electrons. The van der Waals surface area contributed by atoms with Gasteiger partial charge in [0.25, 0.3) is 0 Å². The fourth-order valence-electron chi connectivity index (χ4n) is 3.56. The molecule has 1 N–H and O–H groups in total. The zero-order valence-corrected chi connectivity index (χ0v) is 14.7. The van der Waals surface area contributed by atoms with Gasteiger partial charge in [0.2, 0.25) is 0 Å². The molecule has 2 unspecified atom stereocenters. The summed E-state index contributed by atoms with van der Waals surface area (Å²) in [7, 11) is 1.92. The van der Waals surface area contributed by atoms with Crippen LogP contribution in [0.1, 0.15) is 50.6 Å². The number of hydrogen-bond acceptors (Lipinski definition) is 4. The third-order valence-electron chi connectivity index (χ3n) is 4.82. The lowest BCUT2D eigenvalue weighted by molar-refractivity contribution is 0.143. The van der Waals surface area contributed by atoms with Gasteiger partial charge in [-0.15, -0.1) is 0 Å². The van der Waals surface area contributed by atoms with Crippen molar-refractivity contribution in [2.24, 2.45) is 9.98 Å². The van der Waals surface area contributed by atoms with Crippen molar-refractivity contribution in [2.75, 3.05) is 18.9 Å². The number of hydrogen-bond donors (Lipinski definition) is 1. The third kappa shape index (κ3) is 3.75. The van der Waals surface area contributed by atoms with E-state index in [4.69, 9.17) is 11.6 Å². The predicted octanol–water partition coefficient (Wildman–Crippen LogP) is 4.52. The number of nitrogens with zero attached hydrogens (tertiary/aromatic N) is 3. The average Bonchev–Trinajstić information content (AvgIpc) is 2.80. The zero-order valence-electron chi connectivity index (χ0n) is 13.9. The van der Waals surface area contributed by atoms with Crippen molar-refractivity contribution in [2.45, 2.75) is 51.2 Å². The van der Waals surface area contributed by atoms with Crippen LogP contribution in [0.25, 0.3) is 0 Å². The van der Waals surface area contributed by atoms with Crippen LogP contribution < -0.4 is 5.32 Å². The summed E-state index contributed by atoms with van der Waals surface area (Å²) in [5.41, 5.74) is 3.44. The highest BCUT2D eigenvalue weighted by Crippen LogP contribution is 2.37. The molecule has 23 heavy (non-hydrogen) atoms. The molecule has 2 heterocycles. The lowest BCUT2D eigenvalue weighted by Gasteiger charge is -2.36. The number of likely N-dealkylation sites (tertiary alicyclic amines) is 1. The molecule has 1 aromatic carbocycles. The molecule has 1 fully saturated rings. The molecule has 0 radical (unpaired) electrons. The van der Waals surface area contributed by atoms with Gasteiger partial charge in [-0.25, -0.2) is 4.99 Å². The SMILES string of the molecule is CNc1ccc(C2CCCCCN2C2CC(C)=NC=N2)c(Cl)c1. The molecule has 0 spiro atoms. The number of halogens is 1. The van der Waals surface area contributed by atoms with E-state index < -0.39 is 0 Å². The summed E-state index contributed by atoms with van der Waals surface area (Å²) in [6.45, 7) is 3.16. The van der Waals surface area contributed by atoms with E-state index in [-0.39, 0.29) is 6.17 Å². The van der Waals surface area contributed by atoms with Gasteiger partial charge >= 0.3 is 0 Å². The van der Waals surface area contributed by atoms with Crippen molar-refractivity contribution in [3.63, 3.8) is 0 Å². The maximum absolute atomic E-state index is 6.60. The van der Waals surface area contributed by atoms with Crippen molar-refractivity contribution in [3.05, 3.63) is 28.8 Å². The minimum Gasteiger partial charge on any atom is -0.388 e. The first-order chi connectivity index (χ1) is 11.2. The van der Waals surface area contributed by atoms with Crippen LogP contribution in [0.2, 0.25) is 5.02 Å². The van der Waals surface area contributed by atoms with Crippen molar-refractivity contribution in [1.82, 2.24) is 4.90 Å². The summed E-state index contributed by atoms with van der Waals surface area (Å²) in [5, 5.41) is 4.00. The van der Waals surface area contributed by atoms with Crippen molar-refractivity contribution >= 4 is 29.3 Å². The molecule has 2 atom stereocenters. The van der Waals surface area contributed by atoms with Crippen LogP contribution in [0.4, 0.5) is 5.69 Å². The summed E-state index contributed by atoms with van der Waals surface area (Å²) in [6, 6.07) is 6.65. The molecular weight excluding hydrogens is 308 g/mol. The molecule has 0 aliphatic carbocycles. The zero-order chi connectivity index (χ0) is 16.2. The monoisotopic (exact) mass is 332 g/mol. The smallest absolute Gasteiger partial charge is 0.111 e. The van der Waals surface area contributed by atoms with Crippen LogP contribution >= 0.6 is 11.6 Å². The maximum Gasteiger partial charge on any atom is 0.111 e. The van der Waals surface area contributed by atoms with Crippen LogP contribution in [0.3, 0.4) is 0 Å². The first-order valence-electron chi connectivity index (χ1n) is 8.47. The van der Waals surface area contributed by atoms with E-state index in [9.17, 15) is 0 Å². The molecule has 0 amide bonds. The predicted molar refractivity (Wildman–Crippen MR) is 98.9 cm³/mol. The van der Waals surface area contributed by atoms with E-state index in [2.05, 4.69) is 39.3 Å². The molecule has 1 aromatic rings. The Labute approximate surface area is 143 Å². The van der Waals surface area contributed by atoms with E-state index in [1.165, 1.54) is 24.8 Å². The Kier molecular flexibility index (Phi) is 5.34. The number of aliphatic imine (C=N–C) groups is 2. The molecule has 1 saturated heterocycles. The van der Waals surface area contributed by atoms with Crippen LogP contribution in [-0.2, 0) is 0 Å². The fraction of sp³-hybridized carbons (Fsp3) is 0.556. The highest BCUT2D eigenvalue weighted by Gasteiger charge is 2.30. The Morgan fingerprint density at radius 1 is 1.26 bits per heavy atom. The molecule has 5 heteroatoms. The van der Waals surface area contributed by atoms with E-state index in [0.29, 0.717) is 6.04 Å².